The number of benzene rings is 1. The van der Waals surface area contributed by atoms with Gasteiger partial charge in [-0.05, 0) is 23.5 Å². The highest BCUT2D eigenvalue weighted by molar-refractivity contribution is 5.73. The van der Waals surface area contributed by atoms with Crippen LogP contribution in [0, 0.1) is 0 Å². The normalized spacial score (nSPS) is 9.00. The molecular weight excluding hydrogens is 212 g/mol. The zero-order chi connectivity index (χ0) is 12.0. The van der Waals surface area contributed by atoms with Gasteiger partial charge in [0, 0.05) is 0 Å². The summed E-state index contributed by atoms with van der Waals surface area (Å²) in [6.45, 7) is 3.11. The topological polar surface area (TPSA) is 100 Å². The van der Waals surface area contributed by atoms with Crippen LogP contribution in [0.3, 0.4) is 0 Å². The van der Waals surface area contributed by atoms with Crippen molar-refractivity contribution in [1.82, 2.24) is 20.5 Å². The lowest BCUT2D eigenvalue weighted by Gasteiger charge is -1.85. The summed E-state index contributed by atoms with van der Waals surface area (Å²) in [6.07, 6.45) is 0.0208. The summed E-state index contributed by atoms with van der Waals surface area (Å²) in [4.78, 5) is 10.2. The van der Waals surface area contributed by atoms with E-state index < -0.39 is 6.09 Å². The lowest BCUT2D eigenvalue weighted by Crippen LogP contribution is -2.11. The highest BCUT2D eigenvalue weighted by atomic mass is 16.5. The highest BCUT2D eigenvalue weighted by Crippen LogP contribution is 2.06. The van der Waals surface area contributed by atoms with Crippen molar-refractivity contribution in [3.63, 3.8) is 0 Å². The first-order valence-electron chi connectivity index (χ1n) is 4.25. The van der Waals surface area contributed by atoms with E-state index in [1.54, 1.807) is 12.1 Å². The molecule has 0 atom stereocenters. The third-order valence-electron chi connectivity index (χ3n) is 1.56. The van der Waals surface area contributed by atoms with Crippen molar-refractivity contribution in [2.75, 3.05) is 0 Å². The molecule has 1 heterocycles. The van der Waals surface area contributed by atoms with E-state index in [9.17, 15) is 4.79 Å². The summed E-state index contributed by atoms with van der Waals surface area (Å²) in [5, 5.41) is 25.7. The van der Waals surface area contributed by atoms with Gasteiger partial charge in [0.25, 0.3) is 0 Å². The van der Waals surface area contributed by atoms with Gasteiger partial charge in [0.2, 0.25) is 0 Å². The third-order valence-corrected chi connectivity index (χ3v) is 1.56. The summed E-state index contributed by atoms with van der Waals surface area (Å²) >= 11 is 0. The molecule has 16 heavy (non-hydrogen) atoms. The number of para-hydroxylation sites is 1. The van der Waals surface area contributed by atoms with Crippen molar-refractivity contribution in [3.8, 4) is 0 Å². The number of nitrogens with zero attached hydrogens (tertiary/aromatic N) is 3. The van der Waals surface area contributed by atoms with Crippen molar-refractivity contribution < 1.29 is 15.1 Å². The predicted octanol–water partition coefficient (Wildman–Crippen LogP) is 1.07. The second kappa shape index (κ2) is 5.35. The van der Waals surface area contributed by atoms with Gasteiger partial charge in [-0.1, -0.05) is 23.6 Å². The monoisotopic (exact) mass is 222 g/mol. The second-order valence-corrected chi connectivity index (χ2v) is 2.62. The number of carboxylic acid groups (broad SMARTS) is 1. The van der Waals surface area contributed by atoms with E-state index in [4.69, 9.17) is 10.3 Å². The molecule has 0 unspecified atom stereocenters. The van der Waals surface area contributed by atoms with Gasteiger partial charge in [-0.2, -0.15) is 0 Å². The van der Waals surface area contributed by atoms with Crippen LogP contribution in [-0.2, 0) is 0 Å². The molecule has 0 saturated heterocycles. The molecular formula is C9H10N4O3. The highest BCUT2D eigenvalue weighted by Gasteiger charge is 1.98. The van der Waals surface area contributed by atoms with Gasteiger partial charge in [0.1, 0.15) is 11.0 Å². The van der Waals surface area contributed by atoms with Crippen LogP contribution < -0.4 is 5.32 Å². The standard InChI is InChI=1S/C6H5N3O.C3H5NO2/c10-9-6-4-2-1-3-5(6)7-8-9;1-2-4-3(5)6/h1-4,10H;2,4H,1H2,(H,5,6). The quantitative estimate of drug-likeness (QED) is 0.626. The van der Waals surface area contributed by atoms with Crippen molar-refractivity contribution in [2.24, 2.45) is 0 Å². The summed E-state index contributed by atoms with van der Waals surface area (Å²) in [6, 6.07) is 7.19. The molecule has 0 radical (unpaired) electrons. The number of hydrogen-bond donors (Lipinski definition) is 3. The van der Waals surface area contributed by atoms with Gasteiger partial charge in [0.05, 0.1) is 0 Å². The van der Waals surface area contributed by atoms with Crippen LogP contribution in [0.4, 0.5) is 4.79 Å². The Balaban J connectivity index is 0.000000187. The molecule has 0 bridgehead atoms. The van der Waals surface area contributed by atoms with Crippen LogP contribution in [0.15, 0.2) is 37.0 Å². The minimum Gasteiger partial charge on any atom is -0.465 e. The van der Waals surface area contributed by atoms with Gasteiger partial charge in [-0.3, -0.25) is 5.32 Å². The molecule has 0 spiro atoms. The fourth-order valence-electron chi connectivity index (χ4n) is 0.944. The molecule has 0 fully saturated rings. The van der Waals surface area contributed by atoms with Gasteiger partial charge in [0.15, 0.2) is 0 Å². The van der Waals surface area contributed by atoms with Gasteiger partial charge < -0.3 is 10.3 Å². The Bertz CT molecular complexity index is 494. The molecule has 7 heteroatoms. The summed E-state index contributed by atoms with van der Waals surface area (Å²) in [5.41, 5.74) is 1.33. The molecule has 7 nitrogen and oxygen atoms in total. The van der Waals surface area contributed by atoms with Gasteiger partial charge >= 0.3 is 6.09 Å². The molecule has 2 aromatic rings. The number of carbonyl (C=O) groups is 1. The average molecular weight is 222 g/mol. The Kier molecular flexibility index (Phi) is 3.84. The molecule has 3 N–H and O–H groups in total. The van der Waals surface area contributed by atoms with E-state index in [2.05, 4.69) is 16.9 Å². The maximum absolute atomic E-state index is 9.42. The van der Waals surface area contributed by atoms with Crippen LogP contribution in [0.1, 0.15) is 0 Å². The first kappa shape index (κ1) is 11.5. The average Bonchev–Trinajstić information content (AvgIpc) is 2.62. The zero-order valence-corrected chi connectivity index (χ0v) is 8.24. The van der Waals surface area contributed by atoms with Gasteiger partial charge in [-0.15, -0.1) is 5.10 Å². The SMILES string of the molecule is C=CNC(=O)O.On1nnc2ccccc21. The zero-order valence-electron chi connectivity index (χ0n) is 8.24. The minimum atomic E-state index is -1.08. The van der Waals surface area contributed by atoms with Crippen LogP contribution >= 0.6 is 0 Å². The largest absolute Gasteiger partial charge is 0.465 e. The Labute approximate surface area is 90.6 Å². The fourth-order valence-corrected chi connectivity index (χ4v) is 0.944. The Morgan fingerprint density at radius 1 is 1.50 bits per heavy atom. The Morgan fingerprint density at radius 3 is 2.69 bits per heavy atom. The number of hydrogen-bond acceptors (Lipinski definition) is 4. The molecule has 0 aliphatic rings. The van der Waals surface area contributed by atoms with Crippen LogP contribution in [0.25, 0.3) is 11.0 Å². The summed E-state index contributed by atoms with van der Waals surface area (Å²) in [5.74, 6) is 0. The van der Waals surface area contributed by atoms with E-state index >= 15 is 0 Å². The number of amides is 1. The van der Waals surface area contributed by atoms with Crippen molar-refractivity contribution in [3.05, 3.63) is 37.0 Å². The lowest BCUT2D eigenvalue weighted by molar-refractivity contribution is 0.154. The fraction of sp³-hybridized carbons (Fsp3) is 0. The smallest absolute Gasteiger partial charge is 0.408 e. The number of aromatic nitrogens is 3. The van der Waals surface area contributed by atoms with Crippen molar-refractivity contribution in [1.29, 1.82) is 0 Å². The maximum atomic E-state index is 9.42. The first-order valence-corrected chi connectivity index (χ1v) is 4.25. The van der Waals surface area contributed by atoms with E-state index in [-0.39, 0.29) is 0 Å². The molecule has 0 aliphatic heterocycles. The molecule has 1 aromatic carbocycles. The number of rotatable bonds is 1. The van der Waals surface area contributed by atoms with Crippen LogP contribution in [0.5, 0.6) is 0 Å². The molecule has 0 aliphatic carbocycles. The van der Waals surface area contributed by atoms with Crippen LogP contribution in [0.2, 0.25) is 0 Å². The summed E-state index contributed by atoms with van der Waals surface area (Å²) < 4.78 is 0. The van der Waals surface area contributed by atoms with E-state index in [0.717, 1.165) is 11.0 Å². The third kappa shape index (κ3) is 2.98. The first-order chi connectivity index (χ1) is 7.65. The number of nitrogens with one attached hydrogen (secondary N) is 1. The minimum absolute atomic E-state index is 0.627. The molecule has 0 saturated carbocycles. The molecule has 1 amide bonds. The molecule has 84 valence electrons. The van der Waals surface area contributed by atoms with E-state index in [1.807, 2.05) is 17.4 Å². The van der Waals surface area contributed by atoms with E-state index in [0.29, 0.717) is 11.0 Å². The van der Waals surface area contributed by atoms with Crippen LogP contribution in [-0.4, -0.2) is 31.6 Å². The van der Waals surface area contributed by atoms with Crippen molar-refractivity contribution >= 4 is 17.1 Å². The van der Waals surface area contributed by atoms with Gasteiger partial charge in [-0.25, -0.2) is 4.79 Å². The number of fused-ring (bicyclic) bond motifs is 1. The second-order valence-electron chi connectivity index (χ2n) is 2.62. The molecule has 1 aromatic heterocycles. The Morgan fingerprint density at radius 2 is 2.19 bits per heavy atom. The van der Waals surface area contributed by atoms with E-state index in [1.165, 1.54) is 0 Å². The maximum Gasteiger partial charge on any atom is 0.408 e. The van der Waals surface area contributed by atoms with Crippen molar-refractivity contribution in [2.45, 2.75) is 0 Å². The summed E-state index contributed by atoms with van der Waals surface area (Å²) in [7, 11) is 0. The Hall–Kier alpha value is -2.57. The predicted molar refractivity (Wildman–Crippen MR) is 56.1 cm³/mol. The molecule has 2 rings (SSSR count). The lowest BCUT2D eigenvalue weighted by atomic mass is 10.3.